The number of hydrogen-bond donors (Lipinski definition) is 1. The van der Waals surface area contributed by atoms with Gasteiger partial charge in [0.15, 0.2) is 0 Å². The predicted octanol–water partition coefficient (Wildman–Crippen LogP) is 3.08. The third-order valence-electron chi connectivity index (χ3n) is 3.12. The highest BCUT2D eigenvalue weighted by atomic mass is 79.9. The summed E-state index contributed by atoms with van der Waals surface area (Å²) < 4.78 is 0. The molecule has 0 aromatic heterocycles. The molecule has 1 aliphatic heterocycles. The number of nitriles is 1. The van der Waals surface area contributed by atoms with E-state index in [0.717, 1.165) is 18.2 Å². The largest absolute Gasteiger partial charge is 0.307 e. The fraction of sp³-hybridized carbons (Fsp3) is 0.917. The molecule has 0 amide bonds. The van der Waals surface area contributed by atoms with E-state index in [1.807, 2.05) is 0 Å². The summed E-state index contributed by atoms with van der Waals surface area (Å²) in [6, 6.07) is 2.42. The van der Waals surface area contributed by atoms with Crippen molar-refractivity contribution < 1.29 is 0 Å². The molecule has 0 saturated carbocycles. The lowest BCUT2D eigenvalue weighted by Crippen LogP contribution is -2.58. The Morgan fingerprint density at radius 3 is 2.13 bits per heavy atom. The van der Waals surface area contributed by atoms with Crippen molar-refractivity contribution in [2.75, 3.05) is 5.33 Å². The summed E-state index contributed by atoms with van der Waals surface area (Å²) in [5, 5.41) is 13.6. The second-order valence-electron chi connectivity index (χ2n) is 5.95. The smallest absolute Gasteiger partial charge is 0.0667 e. The van der Waals surface area contributed by atoms with Gasteiger partial charge in [0.2, 0.25) is 0 Å². The van der Waals surface area contributed by atoms with E-state index in [4.69, 9.17) is 5.26 Å². The molecule has 0 aliphatic carbocycles. The van der Waals surface area contributed by atoms with Crippen molar-refractivity contribution in [1.82, 2.24) is 5.32 Å². The fourth-order valence-electron chi connectivity index (χ4n) is 2.95. The Morgan fingerprint density at radius 1 is 1.33 bits per heavy atom. The molecule has 0 aromatic carbocycles. The first-order valence-electron chi connectivity index (χ1n) is 5.54. The van der Waals surface area contributed by atoms with Crippen LogP contribution in [0.5, 0.6) is 0 Å². The lowest BCUT2D eigenvalue weighted by Gasteiger charge is -2.47. The van der Waals surface area contributed by atoms with Crippen LogP contribution in [0.3, 0.4) is 0 Å². The van der Waals surface area contributed by atoms with Crippen LogP contribution >= 0.6 is 15.9 Å². The fourth-order valence-corrected chi connectivity index (χ4v) is 3.63. The van der Waals surface area contributed by atoms with Gasteiger partial charge in [0, 0.05) is 16.4 Å². The van der Waals surface area contributed by atoms with Gasteiger partial charge in [0.1, 0.15) is 0 Å². The molecule has 1 rings (SSSR count). The molecule has 1 unspecified atom stereocenters. The van der Waals surface area contributed by atoms with Crippen LogP contribution < -0.4 is 5.32 Å². The minimum atomic E-state index is 0.143. The highest BCUT2D eigenvalue weighted by molar-refractivity contribution is 9.09. The summed E-state index contributed by atoms with van der Waals surface area (Å²) in [4.78, 5) is 0. The van der Waals surface area contributed by atoms with Gasteiger partial charge in [0.05, 0.1) is 12.0 Å². The van der Waals surface area contributed by atoms with Gasteiger partial charge in [-0.2, -0.15) is 5.26 Å². The maximum Gasteiger partial charge on any atom is 0.0667 e. The van der Waals surface area contributed by atoms with Gasteiger partial charge in [-0.15, -0.1) is 0 Å². The molecule has 0 spiro atoms. The number of nitrogens with one attached hydrogen (secondary N) is 1. The summed E-state index contributed by atoms with van der Waals surface area (Å²) in [5.41, 5.74) is 0.285. The van der Waals surface area contributed by atoms with Crippen molar-refractivity contribution in [3.63, 3.8) is 0 Å². The molecule has 1 aliphatic rings. The monoisotopic (exact) mass is 272 g/mol. The molecule has 0 radical (unpaired) electrons. The van der Waals surface area contributed by atoms with E-state index in [0.29, 0.717) is 5.92 Å². The van der Waals surface area contributed by atoms with Crippen LogP contribution in [0.25, 0.3) is 0 Å². The average Bonchev–Trinajstić information content (AvgIpc) is 2.00. The molecule has 0 bridgehead atoms. The second-order valence-corrected chi connectivity index (χ2v) is 6.60. The minimum Gasteiger partial charge on any atom is -0.307 e. The van der Waals surface area contributed by atoms with Crippen molar-refractivity contribution in [2.24, 2.45) is 11.8 Å². The number of hydrogen-bond acceptors (Lipinski definition) is 2. The summed E-state index contributed by atoms with van der Waals surface area (Å²) in [6.45, 7) is 8.90. The van der Waals surface area contributed by atoms with Gasteiger partial charge >= 0.3 is 0 Å². The zero-order chi connectivity index (χ0) is 11.7. The summed E-state index contributed by atoms with van der Waals surface area (Å²) in [6.07, 6.45) is 2.17. The minimum absolute atomic E-state index is 0.143. The molecule has 1 fully saturated rings. The van der Waals surface area contributed by atoms with Crippen LogP contribution in [-0.4, -0.2) is 16.4 Å². The normalized spacial score (nSPS) is 26.9. The first-order chi connectivity index (χ1) is 6.79. The molecule has 1 atom stereocenters. The van der Waals surface area contributed by atoms with Crippen molar-refractivity contribution >= 4 is 15.9 Å². The molecule has 0 aromatic rings. The van der Waals surface area contributed by atoms with Crippen LogP contribution in [0.2, 0.25) is 0 Å². The van der Waals surface area contributed by atoms with E-state index < -0.39 is 0 Å². The Labute approximate surface area is 102 Å². The summed E-state index contributed by atoms with van der Waals surface area (Å²) in [7, 11) is 0. The van der Waals surface area contributed by atoms with E-state index in [1.165, 1.54) is 0 Å². The van der Waals surface area contributed by atoms with Gasteiger partial charge < -0.3 is 5.32 Å². The molecule has 15 heavy (non-hydrogen) atoms. The number of nitrogens with zero attached hydrogens (tertiary/aromatic N) is 1. The third kappa shape index (κ3) is 3.46. The highest BCUT2D eigenvalue weighted by Gasteiger charge is 2.40. The van der Waals surface area contributed by atoms with Crippen molar-refractivity contribution in [1.29, 1.82) is 5.26 Å². The zero-order valence-corrected chi connectivity index (χ0v) is 11.7. The molecule has 1 N–H and O–H groups in total. The summed E-state index contributed by atoms with van der Waals surface area (Å²) >= 11 is 3.44. The molecule has 86 valence electrons. The Morgan fingerprint density at radius 2 is 1.80 bits per heavy atom. The van der Waals surface area contributed by atoms with Crippen molar-refractivity contribution in [3.8, 4) is 6.07 Å². The predicted molar refractivity (Wildman–Crippen MR) is 66.9 cm³/mol. The van der Waals surface area contributed by atoms with Gasteiger partial charge in [-0.1, -0.05) is 15.9 Å². The topological polar surface area (TPSA) is 35.8 Å². The standard InChI is InChI=1S/C12H21BrN2/c1-11(2)5-9(10(7-13)8-14)6-12(3,4)15-11/h9-10,15H,5-7H2,1-4H3. The Bertz CT molecular complexity index is 249. The van der Waals surface area contributed by atoms with Crippen LogP contribution in [0.4, 0.5) is 0 Å². The maximum absolute atomic E-state index is 9.12. The second kappa shape index (κ2) is 4.43. The molecule has 2 nitrogen and oxygen atoms in total. The van der Waals surface area contributed by atoms with Crippen LogP contribution in [0.1, 0.15) is 40.5 Å². The quantitative estimate of drug-likeness (QED) is 0.785. The Kier molecular flexibility index (Phi) is 3.84. The Balaban J connectivity index is 2.80. The lowest BCUT2D eigenvalue weighted by molar-refractivity contribution is 0.112. The first kappa shape index (κ1) is 13.0. The lowest BCUT2D eigenvalue weighted by atomic mass is 9.71. The highest BCUT2D eigenvalue weighted by Crippen LogP contribution is 2.37. The number of rotatable bonds is 2. The molecule has 1 heterocycles. The van der Waals surface area contributed by atoms with Crippen molar-refractivity contribution in [2.45, 2.75) is 51.6 Å². The molecular formula is C12H21BrN2. The first-order valence-corrected chi connectivity index (χ1v) is 6.67. The van der Waals surface area contributed by atoms with Crippen LogP contribution in [0, 0.1) is 23.2 Å². The Hall–Kier alpha value is -0.0700. The van der Waals surface area contributed by atoms with Gasteiger partial charge in [0.25, 0.3) is 0 Å². The van der Waals surface area contributed by atoms with E-state index >= 15 is 0 Å². The van der Waals surface area contributed by atoms with E-state index in [2.05, 4.69) is 55.0 Å². The number of halogens is 1. The summed E-state index contributed by atoms with van der Waals surface area (Å²) in [5.74, 6) is 0.645. The van der Waals surface area contributed by atoms with Crippen molar-refractivity contribution in [3.05, 3.63) is 0 Å². The van der Waals surface area contributed by atoms with Gasteiger partial charge in [-0.3, -0.25) is 0 Å². The van der Waals surface area contributed by atoms with Gasteiger partial charge in [-0.25, -0.2) is 0 Å². The SMILES string of the molecule is CC1(C)CC(C(C#N)CBr)CC(C)(C)N1. The molecular weight excluding hydrogens is 252 g/mol. The molecule has 3 heteroatoms. The van der Waals surface area contributed by atoms with Crippen LogP contribution in [-0.2, 0) is 0 Å². The number of alkyl halides is 1. The zero-order valence-electron chi connectivity index (χ0n) is 10.1. The van der Waals surface area contributed by atoms with Gasteiger partial charge in [-0.05, 0) is 46.5 Å². The maximum atomic E-state index is 9.12. The van der Waals surface area contributed by atoms with E-state index in [1.54, 1.807) is 0 Å². The molecule has 1 saturated heterocycles. The third-order valence-corrected chi connectivity index (χ3v) is 3.82. The number of piperidine rings is 1. The van der Waals surface area contributed by atoms with E-state index in [-0.39, 0.29) is 17.0 Å². The van der Waals surface area contributed by atoms with Crippen LogP contribution in [0.15, 0.2) is 0 Å². The average molecular weight is 273 g/mol. The van der Waals surface area contributed by atoms with E-state index in [9.17, 15) is 0 Å².